The highest BCUT2D eigenvalue weighted by atomic mass is 16.4. The first-order valence-electron chi connectivity index (χ1n) is 11.4. The normalized spacial score (nSPS) is 10.5. The fraction of sp³-hybridized carbons (Fsp3) is 0. The van der Waals surface area contributed by atoms with Gasteiger partial charge in [-0.25, -0.2) is 0 Å². The molecule has 5 aromatic rings. The third-order valence-corrected chi connectivity index (χ3v) is 5.54. The van der Waals surface area contributed by atoms with Crippen LogP contribution in [0.2, 0.25) is 0 Å². The number of nitrogens with one attached hydrogen (secondary N) is 2. The Morgan fingerprint density at radius 3 is 1.86 bits per heavy atom. The topological polar surface area (TPSA) is 114 Å². The summed E-state index contributed by atoms with van der Waals surface area (Å²) >= 11 is 0. The second-order valence-corrected chi connectivity index (χ2v) is 7.97. The zero-order chi connectivity index (χ0) is 25.6. The first kappa shape index (κ1) is 23.4. The van der Waals surface area contributed by atoms with E-state index < -0.39 is 11.8 Å². The van der Waals surface area contributed by atoms with Crippen molar-refractivity contribution < 1.29 is 18.8 Å². The van der Waals surface area contributed by atoms with Gasteiger partial charge in [0.05, 0.1) is 16.8 Å². The summed E-state index contributed by atoms with van der Waals surface area (Å²) < 4.78 is 5.56. The Balaban J connectivity index is 1.36. The summed E-state index contributed by atoms with van der Waals surface area (Å²) in [7, 11) is 0. The average Bonchev–Trinajstić information content (AvgIpc) is 3.42. The molecule has 8 nitrogen and oxygen atoms in total. The van der Waals surface area contributed by atoms with Crippen LogP contribution in [0.3, 0.4) is 0 Å². The molecule has 0 saturated heterocycles. The van der Waals surface area contributed by atoms with Crippen molar-refractivity contribution in [2.24, 2.45) is 0 Å². The Hall–Kier alpha value is -5.37. The summed E-state index contributed by atoms with van der Waals surface area (Å²) in [4.78, 5) is 39.3. The first-order chi connectivity index (χ1) is 18.1. The van der Waals surface area contributed by atoms with Gasteiger partial charge in [0.15, 0.2) is 5.78 Å². The van der Waals surface area contributed by atoms with Gasteiger partial charge in [-0.05, 0) is 30.3 Å². The van der Waals surface area contributed by atoms with Gasteiger partial charge in [0.1, 0.15) is 0 Å². The SMILES string of the molecule is O=C(Nc1nnc(-c2ccccc2)o1)c1ccccc1NC(=O)c1ccccc1C(=O)c1ccccc1. The maximum Gasteiger partial charge on any atom is 0.322 e. The Kier molecular flexibility index (Phi) is 6.63. The van der Waals surface area contributed by atoms with Gasteiger partial charge in [-0.15, -0.1) is 5.10 Å². The van der Waals surface area contributed by atoms with Crippen LogP contribution in [0.4, 0.5) is 11.7 Å². The molecule has 0 aliphatic rings. The van der Waals surface area contributed by atoms with Gasteiger partial charge in [-0.3, -0.25) is 19.7 Å². The Bertz CT molecular complexity index is 1580. The monoisotopic (exact) mass is 488 g/mol. The maximum atomic E-state index is 13.2. The van der Waals surface area contributed by atoms with Crippen LogP contribution in [0, 0.1) is 0 Å². The fourth-order valence-corrected chi connectivity index (χ4v) is 3.74. The third kappa shape index (κ3) is 5.18. The summed E-state index contributed by atoms with van der Waals surface area (Å²) in [6.45, 7) is 0. The molecule has 0 radical (unpaired) electrons. The number of rotatable bonds is 7. The van der Waals surface area contributed by atoms with Crippen molar-refractivity contribution in [3.63, 3.8) is 0 Å². The number of carbonyl (C=O) groups is 3. The van der Waals surface area contributed by atoms with Crippen molar-refractivity contribution in [3.8, 4) is 11.5 Å². The van der Waals surface area contributed by atoms with Gasteiger partial charge in [0.2, 0.25) is 5.89 Å². The molecule has 0 aliphatic carbocycles. The minimum absolute atomic E-state index is 0.0798. The highest BCUT2D eigenvalue weighted by molar-refractivity contribution is 6.19. The van der Waals surface area contributed by atoms with Crippen LogP contribution >= 0.6 is 0 Å². The van der Waals surface area contributed by atoms with Gasteiger partial charge < -0.3 is 9.73 Å². The van der Waals surface area contributed by atoms with Crippen molar-refractivity contribution in [3.05, 3.63) is 131 Å². The molecule has 0 fully saturated rings. The van der Waals surface area contributed by atoms with E-state index in [9.17, 15) is 14.4 Å². The van der Waals surface area contributed by atoms with E-state index in [-0.39, 0.29) is 40.1 Å². The summed E-state index contributed by atoms with van der Waals surface area (Å²) in [6.07, 6.45) is 0. The smallest absolute Gasteiger partial charge is 0.322 e. The molecular weight excluding hydrogens is 468 g/mol. The van der Waals surface area contributed by atoms with Crippen LogP contribution in [0.25, 0.3) is 11.5 Å². The Morgan fingerprint density at radius 2 is 1.14 bits per heavy atom. The van der Waals surface area contributed by atoms with Crippen molar-refractivity contribution in [1.29, 1.82) is 0 Å². The number of hydrogen-bond donors (Lipinski definition) is 2. The lowest BCUT2D eigenvalue weighted by Gasteiger charge is -2.12. The minimum Gasteiger partial charge on any atom is -0.403 e. The number of hydrogen-bond acceptors (Lipinski definition) is 6. The summed E-state index contributed by atoms with van der Waals surface area (Å²) in [5, 5.41) is 13.2. The molecule has 5 rings (SSSR count). The molecule has 37 heavy (non-hydrogen) atoms. The number of aromatic nitrogens is 2. The van der Waals surface area contributed by atoms with Crippen LogP contribution in [0.1, 0.15) is 36.6 Å². The number of nitrogens with zero attached hydrogens (tertiary/aromatic N) is 2. The molecule has 0 aliphatic heterocycles. The maximum absolute atomic E-state index is 13.2. The molecule has 0 bridgehead atoms. The summed E-state index contributed by atoms with van der Waals surface area (Å²) in [6, 6.07) is 30.8. The molecule has 4 aromatic carbocycles. The van der Waals surface area contributed by atoms with Gasteiger partial charge >= 0.3 is 6.01 Å². The van der Waals surface area contributed by atoms with Crippen molar-refractivity contribution in [1.82, 2.24) is 10.2 Å². The molecule has 1 heterocycles. The standard InChI is InChI=1S/C29H20N4O4/c34-25(19-11-3-1-4-12-19)21-15-7-8-16-22(21)26(35)30-24-18-10-9-17-23(24)27(36)31-29-33-32-28(37-29)20-13-5-2-6-14-20/h1-18H,(H,30,35)(H,31,33,36). The molecule has 0 atom stereocenters. The van der Waals surface area contributed by atoms with Gasteiger partial charge in [-0.1, -0.05) is 84.0 Å². The molecular formula is C29H20N4O4. The van der Waals surface area contributed by atoms with E-state index in [1.165, 1.54) is 0 Å². The predicted octanol–water partition coefficient (Wildman–Crippen LogP) is 5.47. The second-order valence-electron chi connectivity index (χ2n) is 7.97. The van der Waals surface area contributed by atoms with Crippen LogP contribution in [-0.4, -0.2) is 27.8 Å². The number of carbonyl (C=O) groups excluding carboxylic acids is 3. The van der Waals surface area contributed by atoms with Crippen molar-refractivity contribution in [2.75, 3.05) is 10.6 Å². The molecule has 8 heteroatoms. The molecule has 2 amide bonds. The third-order valence-electron chi connectivity index (χ3n) is 5.54. The Labute approximate surface area is 212 Å². The van der Waals surface area contributed by atoms with Gasteiger partial charge in [0, 0.05) is 16.7 Å². The average molecular weight is 489 g/mol. The first-order valence-corrected chi connectivity index (χ1v) is 11.4. The zero-order valence-electron chi connectivity index (χ0n) is 19.4. The van der Waals surface area contributed by atoms with Crippen molar-refractivity contribution >= 4 is 29.3 Å². The van der Waals surface area contributed by atoms with Crippen LogP contribution in [0.5, 0.6) is 0 Å². The number of amides is 2. The molecule has 1 aromatic heterocycles. The highest BCUT2D eigenvalue weighted by Crippen LogP contribution is 2.22. The van der Waals surface area contributed by atoms with E-state index in [1.54, 1.807) is 72.8 Å². The number of anilines is 2. The zero-order valence-corrected chi connectivity index (χ0v) is 19.4. The number of ketones is 1. The van der Waals surface area contributed by atoms with E-state index in [2.05, 4.69) is 20.8 Å². The van der Waals surface area contributed by atoms with E-state index in [0.29, 0.717) is 11.1 Å². The van der Waals surface area contributed by atoms with Crippen LogP contribution in [0.15, 0.2) is 114 Å². The van der Waals surface area contributed by atoms with Gasteiger partial charge in [-0.2, -0.15) is 0 Å². The fourth-order valence-electron chi connectivity index (χ4n) is 3.74. The molecule has 2 N–H and O–H groups in total. The minimum atomic E-state index is -0.548. The van der Waals surface area contributed by atoms with Gasteiger partial charge in [0.25, 0.3) is 11.8 Å². The lowest BCUT2D eigenvalue weighted by molar-refractivity contribution is 0.0995. The van der Waals surface area contributed by atoms with E-state index >= 15 is 0 Å². The van der Waals surface area contributed by atoms with Crippen LogP contribution in [-0.2, 0) is 0 Å². The predicted molar refractivity (Wildman–Crippen MR) is 138 cm³/mol. The molecule has 180 valence electrons. The van der Waals surface area contributed by atoms with E-state index in [0.717, 1.165) is 0 Å². The summed E-state index contributed by atoms with van der Waals surface area (Å²) in [5.74, 6) is -1.09. The van der Waals surface area contributed by atoms with E-state index in [1.807, 2.05) is 36.4 Å². The molecule has 0 spiro atoms. The second kappa shape index (κ2) is 10.5. The summed E-state index contributed by atoms with van der Waals surface area (Å²) in [5.41, 5.74) is 2.07. The lowest BCUT2D eigenvalue weighted by atomic mass is 9.98. The molecule has 0 saturated carbocycles. The lowest BCUT2D eigenvalue weighted by Crippen LogP contribution is -2.20. The Morgan fingerprint density at radius 1 is 0.568 bits per heavy atom. The highest BCUT2D eigenvalue weighted by Gasteiger charge is 2.21. The number of benzene rings is 4. The number of para-hydroxylation sites is 1. The van der Waals surface area contributed by atoms with Crippen LogP contribution < -0.4 is 10.6 Å². The van der Waals surface area contributed by atoms with Crippen molar-refractivity contribution in [2.45, 2.75) is 0 Å². The van der Waals surface area contributed by atoms with E-state index in [4.69, 9.17) is 4.42 Å². The largest absolute Gasteiger partial charge is 0.403 e. The quantitative estimate of drug-likeness (QED) is 0.294. The molecule has 0 unspecified atom stereocenters.